The molecule has 0 heterocycles. The van der Waals surface area contributed by atoms with Gasteiger partial charge >= 0.3 is 0 Å². The second-order valence-electron chi connectivity index (χ2n) is 5.43. The van der Waals surface area contributed by atoms with Crippen LogP contribution in [0.15, 0.2) is 0 Å². The standard InChI is InChI=1S/C13H26/c1-5-7-9-12(3,6-2)13(4)10-8-11-13/h5-11H2,1-4H3. The monoisotopic (exact) mass is 182 g/mol. The van der Waals surface area contributed by atoms with Gasteiger partial charge in [0.15, 0.2) is 0 Å². The summed E-state index contributed by atoms with van der Waals surface area (Å²) in [6.07, 6.45) is 9.99. The van der Waals surface area contributed by atoms with Crippen LogP contribution in [0.1, 0.15) is 72.6 Å². The fraction of sp³-hybridized carbons (Fsp3) is 1.00. The summed E-state index contributed by atoms with van der Waals surface area (Å²) in [7, 11) is 0. The number of rotatable bonds is 5. The maximum Gasteiger partial charge on any atom is -0.0272 e. The lowest BCUT2D eigenvalue weighted by molar-refractivity contribution is -0.0221. The van der Waals surface area contributed by atoms with Crippen molar-refractivity contribution < 1.29 is 0 Å². The van der Waals surface area contributed by atoms with Crippen molar-refractivity contribution in [3.8, 4) is 0 Å². The Morgan fingerprint density at radius 1 is 1.23 bits per heavy atom. The van der Waals surface area contributed by atoms with Gasteiger partial charge in [0.2, 0.25) is 0 Å². The van der Waals surface area contributed by atoms with Crippen molar-refractivity contribution in [2.75, 3.05) is 0 Å². The molecule has 1 fully saturated rings. The second-order valence-corrected chi connectivity index (χ2v) is 5.43. The Kier molecular flexibility index (Phi) is 3.43. The highest BCUT2D eigenvalue weighted by Crippen LogP contribution is 2.57. The largest absolute Gasteiger partial charge is 0.0654 e. The molecule has 0 spiro atoms. The SMILES string of the molecule is CCCCC(C)(CC)C1(C)CCC1. The van der Waals surface area contributed by atoms with E-state index in [1.807, 2.05) is 0 Å². The molecule has 0 amide bonds. The van der Waals surface area contributed by atoms with Crippen molar-refractivity contribution >= 4 is 0 Å². The van der Waals surface area contributed by atoms with E-state index >= 15 is 0 Å². The lowest BCUT2D eigenvalue weighted by atomic mass is 9.52. The van der Waals surface area contributed by atoms with Crippen LogP contribution in [0.4, 0.5) is 0 Å². The molecule has 0 nitrogen and oxygen atoms in total. The van der Waals surface area contributed by atoms with Gasteiger partial charge in [-0.25, -0.2) is 0 Å². The molecule has 1 aliphatic carbocycles. The fourth-order valence-electron chi connectivity index (χ4n) is 2.78. The fourth-order valence-corrected chi connectivity index (χ4v) is 2.78. The van der Waals surface area contributed by atoms with Crippen molar-refractivity contribution in [1.29, 1.82) is 0 Å². The van der Waals surface area contributed by atoms with Gasteiger partial charge in [-0.15, -0.1) is 0 Å². The minimum Gasteiger partial charge on any atom is -0.0654 e. The van der Waals surface area contributed by atoms with E-state index in [-0.39, 0.29) is 0 Å². The molecule has 1 atom stereocenters. The lowest BCUT2D eigenvalue weighted by Gasteiger charge is -2.53. The van der Waals surface area contributed by atoms with Crippen molar-refractivity contribution in [3.63, 3.8) is 0 Å². The smallest absolute Gasteiger partial charge is 0.0272 e. The molecular weight excluding hydrogens is 156 g/mol. The molecule has 0 aromatic rings. The van der Waals surface area contributed by atoms with Crippen molar-refractivity contribution in [2.45, 2.75) is 72.6 Å². The normalized spacial score (nSPS) is 24.9. The molecule has 1 aliphatic rings. The number of hydrogen-bond acceptors (Lipinski definition) is 0. The van der Waals surface area contributed by atoms with Gasteiger partial charge in [0.25, 0.3) is 0 Å². The van der Waals surface area contributed by atoms with Crippen LogP contribution in [-0.4, -0.2) is 0 Å². The molecule has 13 heavy (non-hydrogen) atoms. The molecule has 0 radical (unpaired) electrons. The highest BCUT2D eigenvalue weighted by Gasteiger charge is 2.46. The van der Waals surface area contributed by atoms with E-state index in [4.69, 9.17) is 0 Å². The summed E-state index contributed by atoms with van der Waals surface area (Å²) in [6, 6.07) is 0. The zero-order chi connectivity index (χ0) is 9.95. The maximum atomic E-state index is 2.52. The van der Waals surface area contributed by atoms with Gasteiger partial charge in [-0.2, -0.15) is 0 Å². The van der Waals surface area contributed by atoms with E-state index in [1.54, 1.807) is 0 Å². The highest BCUT2D eigenvalue weighted by atomic mass is 14.5. The van der Waals surface area contributed by atoms with Crippen LogP contribution < -0.4 is 0 Å². The Hall–Kier alpha value is 0. The van der Waals surface area contributed by atoms with Crippen molar-refractivity contribution in [1.82, 2.24) is 0 Å². The lowest BCUT2D eigenvalue weighted by Crippen LogP contribution is -2.42. The summed E-state index contributed by atoms with van der Waals surface area (Å²) in [6.45, 7) is 9.70. The first-order chi connectivity index (χ1) is 6.08. The zero-order valence-corrected chi connectivity index (χ0v) is 9.95. The molecule has 0 heteroatoms. The van der Waals surface area contributed by atoms with Gasteiger partial charge in [0, 0.05) is 0 Å². The molecule has 0 aliphatic heterocycles. The molecule has 0 saturated heterocycles. The molecule has 0 aromatic carbocycles. The summed E-state index contributed by atoms with van der Waals surface area (Å²) in [4.78, 5) is 0. The van der Waals surface area contributed by atoms with E-state index in [9.17, 15) is 0 Å². The second kappa shape index (κ2) is 4.02. The molecule has 1 unspecified atom stereocenters. The van der Waals surface area contributed by atoms with Crippen LogP contribution in [-0.2, 0) is 0 Å². The van der Waals surface area contributed by atoms with Gasteiger partial charge in [-0.1, -0.05) is 53.4 Å². The predicted molar refractivity (Wildman–Crippen MR) is 59.9 cm³/mol. The van der Waals surface area contributed by atoms with E-state index in [2.05, 4.69) is 27.7 Å². The van der Waals surface area contributed by atoms with Crippen molar-refractivity contribution in [3.05, 3.63) is 0 Å². The zero-order valence-electron chi connectivity index (χ0n) is 9.95. The Labute approximate surface area is 84.1 Å². The van der Waals surface area contributed by atoms with E-state index < -0.39 is 0 Å². The Bertz CT molecular complexity index is 155. The number of hydrogen-bond donors (Lipinski definition) is 0. The molecular formula is C13H26. The van der Waals surface area contributed by atoms with Crippen molar-refractivity contribution in [2.24, 2.45) is 10.8 Å². The topological polar surface area (TPSA) is 0 Å². The molecule has 0 bridgehead atoms. The predicted octanol–water partition coefficient (Wildman–Crippen LogP) is 4.78. The van der Waals surface area contributed by atoms with Crippen LogP contribution >= 0.6 is 0 Å². The average Bonchev–Trinajstić information content (AvgIpc) is 2.10. The minimum absolute atomic E-state index is 0.626. The maximum absolute atomic E-state index is 2.52. The summed E-state index contributed by atoms with van der Waals surface area (Å²) < 4.78 is 0. The Morgan fingerprint density at radius 3 is 2.15 bits per heavy atom. The first-order valence-electron chi connectivity index (χ1n) is 6.08. The molecule has 78 valence electrons. The third-order valence-electron chi connectivity index (χ3n) is 4.78. The molecule has 0 N–H and O–H groups in total. The molecule has 1 rings (SSSR count). The minimum atomic E-state index is 0.626. The first kappa shape index (κ1) is 11.1. The summed E-state index contributed by atoms with van der Waals surface area (Å²) in [5.41, 5.74) is 1.30. The van der Waals surface area contributed by atoms with Crippen LogP contribution in [0.2, 0.25) is 0 Å². The number of unbranched alkanes of at least 4 members (excludes halogenated alkanes) is 1. The summed E-state index contributed by atoms with van der Waals surface area (Å²) >= 11 is 0. The average molecular weight is 182 g/mol. The molecule has 1 saturated carbocycles. The van der Waals surface area contributed by atoms with E-state index in [0.717, 1.165) is 0 Å². The molecule has 0 aromatic heterocycles. The van der Waals surface area contributed by atoms with Gasteiger partial charge in [0.1, 0.15) is 0 Å². The third-order valence-corrected chi connectivity index (χ3v) is 4.78. The Morgan fingerprint density at radius 2 is 1.85 bits per heavy atom. The highest BCUT2D eigenvalue weighted by molar-refractivity contribution is 4.96. The first-order valence-corrected chi connectivity index (χ1v) is 6.08. The summed E-state index contributed by atoms with van der Waals surface area (Å²) in [5, 5.41) is 0. The van der Waals surface area contributed by atoms with Crippen LogP contribution in [0.5, 0.6) is 0 Å². The van der Waals surface area contributed by atoms with Crippen LogP contribution in [0.3, 0.4) is 0 Å². The van der Waals surface area contributed by atoms with Crippen LogP contribution in [0, 0.1) is 10.8 Å². The quantitative estimate of drug-likeness (QED) is 0.574. The van der Waals surface area contributed by atoms with Gasteiger partial charge in [-0.05, 0) is 30.1 Å². The van der Waals surface area contributed by atoms with E-state index in [1.165, 1.54) is 44.9 Å². The van der Waals surface area contributed by atoms with Gasteiger partial charge in [0.05, 0.1) is 0 Å². The Balaban J connectivity index is 2.56. The van der Waals surface area contributed by atoms with E-state index in [0.29, 0.717) is 10.8 Å². The third kappa shape index (κ3) is 1.92. The van der Waals surface area contributed by atoms with Gasteiger partial charge < -0.3 is 0 Å². The summed E-state index contributed by atoms with van der Waals surface area (Å²) in [5.74, 6) is 0. The van der Waals surface area contributed by atoms with Crippen LogP contribution in [0.25, 0.3) is 0 Å². The van der Waals surface area contributed by atoms with Gasteiger partial charge in [-0.3, -0.25) is 0 Å².